The maximum absolute atomic E-state index is 13.5. The molecule has 2 N–H and O–H groups in total. The monoisotopic (exact) mass is 477 g/mol. The van der Waals surface area contributed by atoms with E-state index in [2.05, 4.69) is 14.8 Å². The Hall–Kier alpha value is -2.70. The number of hydrogen-bond donors (Lipinski definition) is 2. The summed E-state index contributed by atoms with van der Waals surface area (Å²) in [6.45, 7) is -0.0374. The van der Waals surface area contributed by atoms with Crippen molar-refractivity contribution in [3.05, 3.63) is 59.9 Å². The first-order chi connectivity index (χ1) is 14.9. The Bertz CT molecular complexity index is 1010. The third-order valence-electron chi connectivity index (χ3n) is 4.36. The number of likely N-dealkylation sites (N-methyl/N-ethyl adjacent to an activating group) is 1. The molecule has 1 amide bonds. The molecular formula is C20H23F4N3O4S. The number of ether oxygens (including phenoxy) is 1. The molecule has 0 heterocycles. The highest BCUT2D eigenvalue weighted by Crippen LogP contribution is 2.24. The molecule has 176 valence electrons. The van der Waals surface area contributed by atoms with Crippen LogP contribution < -0.4 is 14.8 Å². The molecule has 2 aromatic carbocycles. The van der Waals surface area contributed by atoms with Gasteiger partial charge in [0.05, 0.1) is 10.9 Å². The van der Waals surface area contributed by atoms with Gasteiger partial charge in [0.1, 0.15) is 11.6 Å². The Kier molecular flexibility index (Phi) is 8.58. The molecule has 0 saturated carbocycles. The topological polar surface area (TPSA) is 87.7 Å². The van der Waals surface area contributed by atoms with Gasteiger partial charge >= 0.3 is 6.36 Å². The summed E-state index contributed by atoms with van der Waals surface area (Å²) in [6.07, 6.45) is -5.05. The summed E-state index contributed by atoms with van der Waals surface area (Å²) < 4.78 is 80.4. The lowest BCUT2D eigenvalue weighted by Gasteiger charge is -2.25. The van der Waals surface area contributed by atoms with Crippen LogP contribution in [0.15, 0.2) is 53.4 Å². The summed E-state index contributed by atoms with van der Waals surface area (Å²) >= 11 is 0. The zero-order valence-electron chi connectivity index (χ0n) is 17.3. The Morgan fingerprint density at radius 1 is 1.12 bits per heavy atom. The first-order valence-electron chi connectivity index (χ1n) is 9.41. The molecule has 32 heavy (non-hydrogen) atoms. The number of sulfonamides is 1. The van der Waals surface area contributed by atoms with Gasteiger partial charge in [-0.1, -0.05) is 12.1 Å². The number of carbonyl (C=O) groups is 1. The molecule has 0 fully saturated rings. The van der Waals surface area contributed by atoms with Crippen LogP contribution in [0, 0.1) is 5.82 Å². The minimum Gasteiger partial charge on any atom is -0.406 e. The maximum Gasteiger partial charge on any atom is 0.573 e. The third-order valence-corrected chi connectivity index (χ3v) is 5.84. The van der Waals surface area contributed by atoms with Gasteiger partial charge in [-0.05, 0) is 56.1 Å². The van der Waals surface area contributed by atoms with Crippen molar-refractivity contribution >= 4 is 15.9 Å². The Balaban J connectivity index is 1.86. The maximum atomic E-state index is 13.5. The lowest BCUT2D eigenvalue weighted by Crippen LogP contribution is -2.36. The standard InChI is InChI=1S/C20H23F4N3O4S/c1-27(2)18(14-4-3-5-15(21)12-14)13-25-19(28)10-11-26-32(29,30)17-8-6-16(7-9-17)31-20(22,23)24/h3-9,12,18,26H,10-11,13H2,1-2H3,(H,25,28). The number of rotatable bonds is 10. The third kappa shape index (κ3) is 8.09. The van der Waals surface area contributed by atoms with E-state index in [-0.39, 0.29) is 30.4 Å². The van der Waals surface area contributed by atoms with Crippen molar-refractivity contribution in [1.82, 2.24) is 14.9 Å². The minimum absolute atomic E-state index is 0.169. The molecule has 0 saturated heterocycles. The summed E-state index contributed by atoms with van der Waals surface area (Å²) in [6, 6.07) is 9.38. The fourth-order valence-corrected chi connectivity index (χ4v) is 3.85. The fourth-order valence-electron chi connectivity index (χ4n) is 2.81. The minimum atomic E-state index is -4.88. The molecule has 0 radical (unpaired) electrons. The van der Waals surface area contributed by atoms with Gasteiger partial charge in [-0.25, -0.2) is 17.5 Å². The molecule has 1 atom stereocenters. The largest absolute Gasteiger partial charge is 0.573 e. The number of nitrogens with one attached hydrogen (secondary N) is 2. The molecule has 2 aromatic rings. The van der Waals surface area contributed by atoms with Gasteiger partial charge in [0.25, 0.3) is 0 Å². The molecule has 2 rings (SSSR count). The van der Waals surface area contributed by atoms with Crippen molar-refractivity contribution in [2.24, 2.45) is 0 Å². The molecule has 0 aliphatic carbocycles. The Morgan fingerprint density at radius 2 is 1.78 bits per heavy atom. The number of alkyl halides is 3. The van der Waals surface area contributed by atoms with E-state index in [1.165, 1.54) is 12.1 Å². The van der Waals surface area contributed by atoms with Crippen LogP contribution in [0.2, 0.25) is 0 Å². The summed E-state index contributed by atoms with van der Waals surface area (Å²) in [5.41, 5.74) is 0.675. The number of halogens is 4. The van der Waals surface area contributed by atoms with Crippen LogP contribution in [-0.4, -0.2) is 52.8 Å². The highest BCUT2D eigenvalue weighted by molar-refractivity contribution is 7.89. The van der Waals surface area contributed by atoms with Crippen LogP contribution in [0.5, 0.6) is 5.75 Å². The number of nitrogens with zero attached hydrogens (tertiary/aromatic N) is 1. The second-order valence-corrected chi connectivity index (χ2v) is 8.77. The number of benzene rings is 2. The van der Waals surface area contributed by atoms with E-state index in [4.69, 9.17) is 0 Å². The van der Waals surface area contributed by atoms with Crippen LogP contribution in [0.4, 0.5) is 17.6 Å². The second kappa shape index (κ2) is 10.7. The molecule has 0 aromatic heterocycles. The lowest BCUT2D eigenvalue weighted by atomic mass is 10.1. The van der Waals surface area contributed by atoms with Gasteiger partial charge in [-0.15, -0.1) is 13.2 Å². The molecule has 1 unspecified atom stereocenters. The average Bonchev–Trinajstić information content (AvgIpc) is 2.67. The molecular weight excluding hydrogens is 454 g/mol. The zero-order chi connectivity index (χ0) is 23.9. The summed E-state index contributed by atoms with van der Waals surface area (Å²) in [7, 11) is -0.468. The highest BCUT2D eigenvalue weighted by Gasteiger charge is 2.31. The smallest absolute Gasteiger partial charge is 0.406 e. The molecule has 0 aliphatic heterocycles. The van der Waals surface area contributed by atoms with Gasteiger partial charge in [-0.3, -0.25) is 4.79 Å². The van der Waals surface area contributed by atoms with Crippen LogP contribution in [0.1, 0.15) is 18.0 Å². The first-order valence-corrected chi connectivity index (χ1v) is 10.9. The number of hydrogen-bond acceptors (Lipinski definition) is 5. The number of amides is 1. The van der Waals surface area contributed by atoms with Crippen LogP contribution >= 0.6 is 0 Å². The Labute approximate surface area is 183 Å². The van der Waals surface area contributed by atoms with Gasteiger partial charge < -0.3 is 15.0 Å². The zero-order valence-corrected chi connectivity index (χ0v) is 18.1. The molecule has 7 nitrogen and oxygen atoms in total. The lowest BCUT2D eigenvalue weighted by molar-refractivity contribution is -0.274. The van der Waals surface area contributed by atoms with Crippen molar-refractivity contribution in [3.8, 4) is 5.75 Å². The van der Waals surface area contributed by atoms with E-state index in [1.807, 2.05) is 4.90 Å². The van der Waals surface area contributed by atoms with E-state index >= 15 is 0 Å². The van der Waals surface area contributed by atoms with Crippen LogP contribution in [0.3, 0.4) is 0 Å². The van der Waals surface area contributed by atoms with Crippen molar-refractivity contribution in [3.63, 3.8) is 0 Å². The van der Waals surface area contributed by atoms with Gasteiger partial charge in [-0.2, -0.15) is 0 Å². The second-order valence-electron chi connectivity index (χ2n) is 7.01. The molecule has 12 heteroatoms. The van der Waals surface area contributed by atoms with Gasteiger partial charge in [0.2, 0.25) is 15.9 Å². The first kappa shape index (κ1) is 25.6. The van der Waals surface area contributed by atoms with Gasteiger partial charge in [0.15, 0.2) is 0 Å². The quantitative estimate of drug-likeness (QED) is 0.514. The van der Waals surface area contributed by atoms with Crippen molar-refractivity contribution < 1.29 is 35.5 Å². The predicted molar refractivity (Wildman–Crippen MR) is 109 cm³/mol. The normalized spacial score (nSPS) is 13.1. The van der Waals surface area contributed by atoms with E-state index in [0.29, 0.717) is 5.56 Å². The molecule has 0 spiro atoms. The van der Waals surface area contributed by atoms with E-state index in [0.717, 1.165) is 24.3 Å². The molecule has 0 bridgehead atoms. The summed E-state index contributed by atoms with van der Waals surface area (Å²) in [5, 5.41) is 2.68. The van der Waals surface area contributed by atoms with E-state index in [1.54, 1.807) is 26.2 Å². The fraction of sp³-hybridized carbons (Fsp3) is 0.350. The van der Waals surface area contributed by atoms with Crippen molar-refractivity contribution in [2.45, 2.75) is 23.7 Å². The summed E-state index contributed by atoms with van der Waals surface area (Å²) in [4.78, 5) is 13.6. The summed E-state index contributed by atoms with van der Waals surface area (Å²) in [5.74, 6) is -1.37. The van der Waals surface area contributed by atoms with Crippen LogP contribution in [0.25, 0.3) is 0 Å². The van der Waals surface area contributed by atoms with Crippen molar-refractivity contribution in [2.75, 3.05) is 27.2 Å². The van der Waals surface area contributed by atoms with E-state index in [9.17, 15) is 30.8 Å². The molecule has 0 aliphatic rings. The van der Waals surface area contributed by atoms with E-state index < -0.39 is 33.9 Å². The van der Waals surface area contributed by atoms with Crippen LogP contribution in [-0.2, 0) is 14.8 Å². The predicted octanol–water partition coefficient (Wildman–Crippen LogP) is 2.81. The highest BCUT2D eigenvalue weighted by atomic mass is 32.2. The van der Waals surface area contributed by atoms with Gasteiger partial charge in [0, 0.05) is 19.5 Å². The van der Waals surface area contributed by atoms with Crippen molar-refractivity contribution in [1.29, 1.82) is 0 Å². The Morgan fingerprint density at radius 3 is 2.34 bits per heavy atom. The SMILES string of the molecule is CN(C)C(CNC(=O)CCNS(=O)(=O)c1ccc(OC(F)(F)F)cc1)c1cccc(F)c1. The average molecular weight is 477 g/mol. The number of carbonyl (C=O) groups excluding carboxylic acids is 1.